The molecule has 1 N–H and O–H groups in total. The Morgan fingerprint density at radius 1 is 1.26 bits per heavy atom. The van der Waals surface area contributed by atoms with Crippen LogP contribution in [0.3, 0.4) is 0 Å². The van der Waals surface area contributed by atoms with Gasteiger partial charge in [-0.15, -0.1) is 5.06 Å². The standard InChI is InChI=1S/C20H26N4O6S/c1-13(22-23-16(25)11-20(2,3)31)15-7-6-14(12-21-15)29-10-4-5-19(28)30-24-17(26)8-9-18(24)27/h6-7,12,31H,4-5,8-11H2,1-3H3,(H,23,25)/b22-13-. The van der Waals surface area contributed by atoms with Gasteiger partial charge in [-0.1, -0.05) is 13.8 Å². The first-order valence-electron chi connectivity index (χ1n) is 9.76. The maximum atomic E-state index is 11.8. The van der Waals surface area contributed by atoms with Gasteiger partial charge in [0.25, 0.3) is 11.8 Å². The number of aromatic nitrogens is 1. The number of ether oxygens (including phenoxy) is 1. The highest BCUT2D eigenvalue weighted by Crippen LogP contribution is 2.16. The molecule has 0 atom stereocenters. The highest BCUT2D eigenvalue weighted by molar-refractivity contribution is 7.81. The van der Waals surface area contributed by atoms with Gasteiger partial charge in [-0.05, 0) is 25.5 Å². The van der Waals surface area contributed by atoms with Gasteiger partial charge in [0, 0.05) is 24.0 Å². The van der Waals surface area contributed by atoms with E-state index in [-0.39, 0.29) is 38.2 Å². The average Bonchev–Trinajstić information content (AvgIpc) is 3.00. The molecule has 1 aromatic rings. The predicted molar refractivity (Wildman–Crippen MR) is 114 cm³/mol. The van der Waals surface area contributed by atoms with Crippen LogP contribution in [0, 0.1) is 0 Å². The second-order valence-corrected chi connectivity index (χ2v) is 8.81. The summed E-state index contributed by atoms with van der Waals surface area (Å²) in [6, 6.07) is 3.39. The van der Waals surface area contributed by atoms with Crippen LogP contribution in [0.4, 0.5) is 0 Å². The molecule has 0 aromatic carbocycles. The lowest BCUT2D eigenvalue weighted by molar-refractivity contribution is -0.197. The van der Waals surface area contributed by atoms with Crippen LogP contribution in [0.25, 0.3) is 0 Å². The molecule has 2 heterocycles. The molecule has 3 amide bonds. The van der Waals surface area contributed by atoms with Crippen molar-refractivity contribution in [3.05, 3.63) is 24.0 Å². The topological polar surface area (TPSA) is 127 Å². The van der Waals surface area contributed by atoms with Crippen LogP contribution in [0.2, 0.25) is 0 Å². The molecule has 11 heteroatoms. The average molecular weight is 451 g/mol. The fourth-order valence-electron chi connectivity index (χ4n) is 2.53. The van der Waals surface area contributed by atoms with E-state index in [1.165, 1.54) is 6.20 Å². The number of carbonyl (C=O) groups is 4. The summed E-state index contributed by atoms with van der Waals surface area (Å²) < 4.78 is 5.09. The molecule has 1 fully saturated rings. The lowest BCUT2D eigenvalue weighted by Crippen LogP contribution is -2.32. The summed E-state index contributed by atoms with van der Waals surface area (Å²) in [5, 5.41) is 4.56. The monoisotopic (exact) mass is 450 g/mol. The Hall–Kier alpha value is -2.95. The third kappa shape index (κ3) is 8.36. The summed E-state index contributed by atoms with van der Waals surface area (Å²) in [4.78, 5) is 55.3. The molecule has 1 saturated heterocycles. The van der Waals surface area contributed by atoms with E-state index in [2.05, 4.69) is 28.1 Å². The van der Waals surface area contributed by atoms with E-state index in [1.54, 1.807) is 19.1 Å². The van der Waals surface area contributed by atoms with E-state index >= 15 is 0 Å². The van der Waals surface area contributed by atoms with E-state index in [4.69, 9.17) is 9.57 Å². The molecule has 0 spiro atoms. The minimum atomic E-state index is -0.670. The number of hydrogen-bond acceptors (Lipinski definition) is 9. The molecule has 1 aliphatic heterocycles. The van der Waals surface area contributed by atoms with Gasteiger partial charge in [0.1, 0.15) is 5.75 Å². The summed E-state index contributed by atoms with van der Waals surface area (Å²) >= 11 is 4.31. The molecule has 168 valence electrons. The number of carbonyl (C=O) groups excluding carboxylic acids is 4. The smallest absolute Gasteiger partial charge is 0.333 e. The number of pyridine rings is 1. The van der Waals surface area contributed by atoms with E-state index in [1.807, 2.05) is 13.8 Å². The first-order valence-corrected chi connectivity index (χ1v) is 10.2. The molecule has 0 saturated carbocycles. The lowest BCUT2D eigenvalue weighted by Gasteiger charge is -2.15. The number of nitrogens with one attached hydrogen (secondary N) is 1. The van der Waals surface area contributed by atoms with E-state index < -0.39 is 22.5 Å². The molecular formula is C20H26N4O6S. The van der Waals surface area contributed by atoms with Crippen molar-refractivity contribution < 1.29 is 28.8 Å². The number of amides is 3. The summed E-state index contributed by atoms with van der Waals surface area (Å²) in [6.07, 6.45) is 2.19. The van der Waals surface area contributed by atoms with Crippen LogP contribution in [-0.2, 0) is 24.0 Å². The number of hydrogen-bond donors (Lipinski definition) is 2. The van der Waals surface area contributed by atoms with Crippen molar-refractivity contribution in [1.29, 1.82) is 0 Å². The zero-order valence-electron chi connectivity index (χ0n) is 17.7. The van der Waals surface area contributed by atoms with Gasteiger partial charge >= 0.3 is 5.97 Å². The number of thiol groups is 1. The van der Waals surface area contributed by atoms with Gasteiger partial charge in [-0.25, -0.2) is 10.2 Å². The number of hydrazone groups is 1. The van der Waals surface area contributed by atoms with Crippen LogP contribution in [0.15, 0.2) is 23.4 Å². The van der Waals surface area contributed by atoms with E-state index in [0.717, 1.165) is 0 Å². The number of rotatable bonds is 10. The third-order valence-corrected chi connectivity index (χ3v) is 4.20. The van der Waals surface area contributed by atoms with E-state index in [0.29, 0.717) is 28.6 Å². The van der Waals surface area contributed by atoms with Gasteiger partial charge in [0.05, 0.1) is 30.6 Å². The summed E-state index contributed by atoms with van der Waals surface area (Å²) in [6.45, 7) is 5.62. The highest BCUT2D eigenvalue weighted by Gasteiger charge is 2.32. The van der Waals surface area contributed by atoms with Crippen molar-refractivity contribution in [2.75, 3.05) is 6.61 Å². The summed E-state index contributed by atoms with van der Waals surface area (Å²) in [5.41, 5.74) is 3.58. The number of nitrogens with zero attached hydrogens (tertiary/aromatic N) is 3. The fourth-order valence-corrected chi connectivity index (χ4v) is 2.67. The normalized spacial score (nSPS) is 14.6. The second-order valence-electron chi connectivity index (χ2n) is 7.60. The number of imide groups is 1. The Morgan fingerprint density at radius 3 is 2.52 bits per heavy atom. The molecule has 0 radical (unpaired) electrons. The third-order valence-electron chi connectivity index (χ3n) is 4.04. The maximum absolute atomic E-state index is 11.8. The summed E-state index contributed by atoms with van der Waals surface area (Å²) in [5.74, 6) is -1.43. The van der Waals surface area contributed by atoms with Gasteiger partial charge in [-0.2, -0.15) is 17.7 Å². The van der Waals surface area contributed by atoms with Gasteiger partial charge in [0.2, 0.25) is 5.91 Å². The largest absolute Gasteiger partial charge is 0.492 e. The van der Waals surface area contributed by atoms with Crippen molar-refractivity contribution in [3.8, 4) is 5.75 Å². The number of hydroxylamine groups is 2. The van der Waals surface area contributed by atoms with Gasteiger partial charge in [0.15, 0.2) is 0 Å². The Kier molecular flexibility index (Phi) is 8.55. The van der Waals surface area contributed by atoms with Crippen molar-refractivity contribution in [1.82, 2.24) is 15.5 Å². The molecular weight excluding hydrogens is 424 g/mol. The molecule has 10 nitrogen and oxygen atoms in total. The summed E-state index contributed by atoms with van der Waals surface area (Å²) in [7, 11) is 0. The minimum Gasteiger partial charge on any atom is -0.492 e. The second kappa shape index (κ2) is 10.9. The fraction of sp³-hybridized carbons (Fsp3) is 0.500. The maximum Gasteiger partial charge on any atom is 0.333 e. The molecule has 0 bridgehead atoms. The highest BCUT2D eigenvalue weighted by atomic mass is 32.1. The molecule has 1 aliphatic rings. The lowest BCUT2D eigenvalue weighted by atomic mass is 10.1. The van der Waals surface area contributed by atoms with Gasteiger partial charge < -0.3 is 9.57 Å². The minimum absolute atomic E-state index is 0.00285. The van der Waals surface area contributed by atoms with Crippen molar-refractivity contribution >= 4 is 42.0 Å². The Labute approximate surface area is 185 Å². The molecule has 0 aliphatic carbocycles. The zero-order chi connectivity index (χ0) is 23.0. The zero-order valence-corrected chi connectivity index (χ0v) is 18.6. The van der Waals surface area contributed by atoms with Crippen molar-refractivity contribution in [2.24, 2.45) is 5.10 Å². The molecule has 31 heavy (non-hydrogen) atoms. The van der Waals surface area contributed by atoms with Crippen LogP contribution >= 0.6 is 12.6 Å². The quantitative estimate of drug-likeness (QED) is 0.183. The molecule has 0 unspecified atom stereocenters. The molecule has 1 aromatic heterocycles. The Morgan fingerprint density at radius 2 is 1.94 bits per heavy atom. The van der Waals surface area contributed by atoms with Crippen LogP contribution in [-0.4, -0.2) is 50.8 Å². The first kappa shape index (κ1) is 24.3. The Bertz CT molecular complexity index is 847. The van der Waals surface area contributed by atoms with Crippen LogP contribution in [0.1, 0.15) is 58.6 Å². The molecule has 2 rings (SSSR count). The SMILES string of the molecule is C/C(=N/NC(=O)CC(C)(C)S)c1ccc(OCCCC(=O)ON2C(=O)CCC2=O)cn1. The van der Waals surface area contributed by atoms with Crippen molar-refractivity contribution in [2.45, 2.75) is 57.6 Å². The van der Waals surface area contributed by atoms with Crippen molar-refractivity contribution in [3.63, 3.8) is 0 Å². The van der Waals surface area contributed by atoms with E-state index in [9.17, 15) is 19.2 Å². The predicted octanol–water partition coefficient (Wildman–Crippen LogP) is 1.79. The van der Waals surface area contributed by atoms with Crippen LogP contribution < -0.4 is 10.2 Å². The van der Waals surface area contributed by atoms with Crippen LogP contribution in [0.5, 0.6) is 5.75 Å². The Balaban J connectivity index is 1.72. The first-order chi connectivity index (χ1) is 14.5. The van der Waals surface area contributed by atoms with Gasteiger partial charge in [-0.3, -0.25) is 19.4 Å².